The molecule has 3 N–H and O–H groups in total. The molecule has 0 radical (unpaired) electrons. The molecule has 2 aromatic carbocycles. The number of nitrogens with one attached hydrogen (secondary N) is 3. The van der Waals surface area contributed by atoms with Crippen LogP contribution in [0.15, 0.2) is 48.5 Å². The minimum absolute atomic E-state index is 0.0115. The highest BCUT2D eigenvalue weighted by Gasteiger charge is 2.28. The minimum Gasteiger partial charge on any atom is -0.385 e. The molecule has 0 bridgehead atoms. The number of carbonyl (C=O) groups excluding carboxylic acids is 1. The van der Waals surface area contributed by atoms with Gasteiger partial charge in [0.1, 0.15) is 10.0 Å². The lowest BCUT2D eigenvalue weighted by Crippen LogP contribution is -2.35. The van der Waals surface area contributed by atoms with E-state index in [2.05, 4.69) is 56.1 Å². The van der Waals surface area contributed by atoms with Crippen molar-refractivity contribution in [2.45, 2.75) is 39.3 Å². The van der Waals surface area contributed by atoms with Crippen molar-refractivity contribution in [1.82, 2.24) is 30.5 Å². The van der Waals surface area contributed by atoms with Gasteiger partial charge in [-0.15, -0.1) is 32.9 Å². The van der Waals surface area contributed by atoms with Crippen molar-refractivity contribution in [3.05, 3.63) is 59.0 Å². The number of hydrogen-bond acceptors (Lipinski definition) is 9. The number of thiazole rings is 1. The Morgan fingerprint density at radius 3 is 2.74 bits per heavy atom. The summed E-state index contributed by atoms with van der Waals surface area (Å²) in [7, 11) is 0. The van der Waals surface area contributed by atoms with Crippen LogP contribution in [0.2, 0.25) is 0 Å². The van der Waals surface area contributed by atoms with E-state index in [1.165, 1.54) is 10.4 Å². The molecule has 1 aliphatic rings. The number of benzene rings is 2. The fraction of sp³-hybridized carbons (Fsp3) is 0.296. The maximum absolute atomic E-state index is 13.1. The Morgan fingerprint density at radius 1 is 1.13 bits per heavy atom. The monoisotopic (exact) mass is 544 g/mol. The van der Waals surface area contributed by atoms with Crippen LogP contribution in [-0.4, -0.2) is 55.5 Å². The third kappa shape index (κ3) is 5.04. The van der Waals surface area contributed by atoms with Crippen molar-refractivity contribution in [2.24, 2.45) is 0 Å². The zero-order chi connectivity index (χ0) is 26.1. The Labute approximate surface area is 228 Å². The molecule has 194 valence electrons. The molecule has 0 atom stereocenters. The molecule has 0 aliphatic carbocycles. The molecule has 4 heterocycles. The first-order chi connectivity index (χ1) is 18.5. The average molecular weight is 545 g/mol. The number of fused-ring (bicyclic) bond motifs is 2. The molecular weight excluding hydrogens is 516 g/mol. The van der Waals surface area contributed by atoms with E-state index >= 15 is 0 Å². The summed E-state index contributed by atoms with van der Waals surface area (Å²) in [6, 6.07) is 16.4. The van der Waals surface area contributed by atoms with Gasteiger partial charge in [0.05, 0.1) is 10.2 Å². The number of tetrazole rings is 1. The first-order valence-corrected chi connectivity index (χ1v) is 14.3. The molecule has 0 spiro atoms. The van der Waals surface area contributed by atoms with Gasteiger partial charge in [-0.05, 0) is 67.4 Å². The normalized spacial score (nSPS) is 13.7. The van der Waals surface area contributed by atoms with Crippen molar-refractivity contribution >= 4 is 49.5 Å². The van der Waals surface area contributed by atoms with Crippen LogP contribution >= 0.6 is 22.7 Å². The second kappa shape index (κ2) is 10.6. The van der Waals surface area contributed by atoms with Crippen LogP contribution < -0.4 is 10.6 Å². The predicted octanol–water partition coefficient (Wildman–Crippen LogP) is 5.41. The lowest BCUT2D eigenvalue weighted by molar-refractivity contribution is -0.115. The van der Waals surface area contributed by atoms with Gasteiger partial charge in [-0.3, -0.25) is 9.69 Å². The maximum Gasteiger partial charge on any atom is 0.226 e. The maximum atomic E-state index is 13.1. The van der Waals surface area contributed by atoms with Gasteiger partial charge in [0.15, 0.2) is 0 Å². The molecule has 11 heteroatoms. The summed E-state index contributed by atoms with van der Waals surface area (Å²) in [5.74, 6) is 0.539. The highest BCUT2D eigenvalue weighted by molar-refractivity contribution is 7.22. The van der Waals surface area contributed by atoms with E-state index in [9.17, 15) is 4.79 Å². The lowest BCUT2D eigenvalue weighted by Gasteiger charge is -2.30. The molecule has 1 amide bonds. The highest BCUT2D eigenvalue weighted by atomic mass is 32.1. The molecule has 0 fully saturated rings. The van der Waals surface area contributed by atoms with Crippen molar-refractivity contribution in [1.29, 1.82) is 0 Å². The third-order valence-electron chi connectivity index (χ3n) is 6.75. The van der Waals surface area contributed by atoms with Crippen LogP contribution in [0, 0.1) is 0 Å². The van der Waals surface area contributed by atoms with Crippen molar-refractivity contribution in [3.63, 3.8) is 0 Å². The molecule has 38 heavy (non-hydrogen) atoms. The van der Waals surface area contributed by atoms with Crippen LogP contribution in [0.25, 0.3) is 32.2 Å². The first-order valence-electron chi connectivity index (χ1n) is 12.7. The number of para-hydroxylation sites is 1. The standard InChI is InChI=1S/C27H28N8OS2/c1-16(2)35-14-12-19-22(15-35)38-27(24(19)26-29-20-5-3-4-6-21(20)37-26)30-23(36)11-13-28-18-9-7-17(8-10-18)25-31-33-34-32-25/h3-10,16,28H,11-15H2,1-2H3,(H,30,36)(H,31,32,33,34). The molecule has 3 aromatic heterocycles. The Bertz CT molecular complexity index is 1520. The van der Waals surface area contributed by atoms with Gasteiger partial charge in [-0.1, -0.05) is 12.1 Å². The zero-order valence-electron chi connectivity index (χ0n) is 21.2. The van der Waals surface area contributed by atoms with Crippen molar-refractivity contribution in [3.8, 4) is 22.0 Å². The summed E-state index contributed by atoms with van der Waals surface area (Å²) in [5, 5.41) is 22.5. The van der Waals surface area contributed by atoms with Gasteiger partial charge in [-0.2, -0.15) is 5.21 Å². The molecule has 0 saturated heterocycles. The summed E-state index contributed by atoms with van der Waals surface area (Å²) in [6.07, 6.45) is 1.32. The van der Waals surface area contributed by atoms with Gasteiger partial charge >= 0.3 is 0 Å². The van der Waals surface area contributed by atoms with Crippen LogP contribution in [0.5, 0.6) is 0 Å². The molecule has 6 rings (SSSR count). The van der Waals surface area contributed by atoms with E-state index in [0.717, 1.165) is 56.5 Å². The summed E-state index contributed by atoms with van der Waals surface area (Å²) in [6.45, 7) is 6.92. The van der Waals surface area contributed by atoms with E-state index in [1.54, 1.807) is 22.7 Å². The van der Waals surface area contributed by atoms with Crippen molar-refractivity contribution in [2.75, 3.05) is 23.7 Å². The average Bonchev–Trinajstić information content (AvgIpc) is 3.66. The van der Waals surface area contributed by atoms with E-state index in [1.807, 2.05) is 42.5 Å². The number of carbonyl (C=O) groups is 1. The fourth-order valence-corrected chi connectivity index (χ4v) is 7.09. The number of aromatic amines is 1. The number of nitrogens with zero attached hydrogens (tertiary/aromatic N) is 5. The Hall–Kier alpha value is -3.67. The third-order valence-corrected chi connectivity index (χ3v) is 8.93. The Morgan fingerprint density at radius 2 is 1.97 bits per heavy atom. The van der Waals surface area contributed by atoms with E-state index < -0.39 is 0 Å². The van der Waals surface area contributed by atoms with Crippen LogP contribution in [0.1, 0.15) is 30.7 Å². The van der Waals surface area contributed by atoms with Crippen LogP contribution in [0.4, 0.5) is 10.7 Å². The minimum atomic E-state index is -0.0115. The second-order valence-corrected chi connectivity index (χ2v) is 11.7. The van der Waals surface area contributed by atoms with E-state index in [-0.39, 0.29) is 5.91 Å². The molecular formula is C27H28N8OS2. The van der Waals surface area contributed by atoms with Crippen molar-refractivity contribution < 1.29 is 4.79 Å². The Balaban J connectivity index is 1.17. The molecule has 0 saturated carbocycles. The Kier molecular flexibility index (Phi) is 6.88. The SMILES string of the molecule is CC(C)N1CCc2c(sc(NC(=O)CCNc3ccc(-c4nn[nH]n4)cc3)c2-c2nc3ccccc3s2)C1. The second-order valence-electron chi connectivity index (χ2n) is 9.55. The van der Waals surface area contributed by atoms with Gasteiger partial charge in [0, 0.05) is 53.8 Å². The number of aromatic nitrogens is 5. The van der Waals surface area contributed by atoms with Gasteiger partial charge in [-0.25, -0.2) is 4.98 Å². The summed E-state index contributed by atoms with van der Waals surface area (Å²) in [4.78, 5) is 21.8. The van der Waals surface area contributed by atoms with Gasteiger partial charge < -0.3 is 10.6 Å². The summed E-state index contributed by atoms with van der Waals surface area (Å²) >= 11 is 3.39. The number of rotatable bonds is 8. The summed E-state index contributed by atoms with van der Waals surface area (Å²) < 4.78 is 1.16. The smallest absolute Gasteiger partial charge is 0.226 e. The lowest BCUT2D eigenvalue weighted by atomic mass is 10.0. The zero-order valence-corrected chi connectivity index (χ0v) is 22.8. The number of hydrogen-bond donors (Lipinski definition) is 3. The van der Waals surface area contributed by atoms with Gasteiger partial charge in [0.2, 0.25) is 11.7 Å². The molecule has 5 aromatic rings. The first kappa shape index (κ1) is 24.7. The quantitative estimate of drug-likeness (QED) is 0.239. The van der Waals surface area contributed by atoms with E-state index in [4.69, 9.17) is 4.98 Å². The topological polar surface area (TPSA) is 112 Å². The number of amides is 1. The number of anilines is 2. The van der Waals surface area contributed by atoms with Crippen LogP contribution in [-0.2, 0) is 17.8 Å². The fourth-order valence-electron chi connectivity index (χ4n) is 4.69. The largest absolute Gasteiger partial charge is 0.385 e. The number of thiophene rings is 1. The predicted molar refractivity (Wildman–Crippen MR) is 154 cm³/mol. The molecule has 0 unspecified atom stereocenters. The highest BCUT2D eigenvalue weighted by Crippen LogP contribution is 2.45. The molecule has 9 nitrogen and oxygen atoms in total. The van der Waals surface area contributed by atoms with Gasteiger partial charge in [0.25, 0.3) is 0 Å². The number of H-pyrrole nitrogens is 1. The molecule has 1 aliphatic heterocycles. The summed E-state index contributed by atoms with van der Waals surface area (Å²) in [5.41, 5.74) is 5.25. The van der Waals surface area contributed by atoms with E-state index in [0.29, 0.717) is 24.8 Å². The van der Waals surface area contributed by atoms with Crippen LogP contribution in [0.3, 0.4) is 0 Å².